The zero-order chi connectivity index (χ0) is 14.7. The van der Waals surface area contributed by atoms with Crippen molar-refractivity contribution < 1.29 is 4.92 Å². The van der Waals surface area contributed by atoms with E-state index in [4.69, 9.17) is 0 Å². The van der Waals surface area contributed by atoms with Crippen LogP contribution < -0.4 is 5.32 Å². The molecule has 0 fully saturated rings. The lowest BCUT2D eigenvalue weighted by molar-refractivity contribution is -0.384. The molecule has 1 N–H and O–H groups in total. The zero-order valence-corrected chi connectivity index (χ0v) is 12.3. The van der Waals surface area contributed by atoms with E-state index in [1.807, 2.05) is 13.0 Å². The Labute approximate surface area is 120 Å². The third kappa shape index (κ3) is 3.59. The third-order valence-corrected chi connectivity index (χ3v) is 3.89. The predicted octanol–water partition coefficient (Wildman–Crippen LogP) is 4.31. The Bertz CT molecular complexity index is 537. The first kappa shape index (κ1) is 14.6. The highest BCUT2D eigenvalue weighted by Gasteiger charge is 2.18. The number of non-ortho nitro benzene ring substituents is 1. The molecule has 0 saturated carbocycles. The van der Waals surface area contributed by atoms with E-state index in [0.717, 1.165) is 24.2 Å². The lowest BCUT2D eigenvalue weighted by Gasteiger charge is -2.26. The number of hydrogen-bond acceptors (Lipinski definition) is 3. The number of benzene rings is 1. The minimum Gasteiger partial charge on any atom is -0.385 e. The Morgan fingerprint density at radius 1 is 1.40 bits per heavy atom. The largest absolute Gasteiger partial charge is 0.385 e. The lowest BCUT2D eigenvalue weighted by Crippen LogP contribution is -2.20. The summed E-state index contributed by atoms with van der Waals surface area (Å²) < 4.78 is 0. The van der Waals surface area contributed by atoms with Gasteiger partial charge < -0.3 is 5.32 Å². The molecule has 0 saturated heterocycles. The highest BCUT2D eigenvalue weighted by molar-refractivity contribution is 5.55. The molecule has 1 aliphatic rings. The van der Waals surface area contributed by atoms with E-state index in [9.17, 15) is 10.1 Å². The zero-order valence-electron chi connectivity index (χ0n) is 12.3. The molecule has 0 aliphatic heterocycles. The van der Waals surface area contributed by atoms with Gasteiger partial charge in [0.15, 0.2) is 0 Å². The van der Waals surface area contributed by atoms with E-state index in [2.05, 4.69) is 25.2 Å². The molecule has 1 aromatic carbocycles. The van der Waals surface area contributed by atoms with Gasteiger partial charge in [-0.2, -0.15) is 0 Å². The van der Waals surface area contributed by atoms with Gasteiger partial charge in [0, 0.05) is 24.4 Å². The molecule has 0 radical (unpaired) electrons. The number of aryl methyl sites for hydroxylation is 1. The van der Waals surface area contributed by atoms with Crippen molar-refractivity contribution in [3.63, 3.8) is 0 Å². The minimum absolute atomic E-state index is 0.151. The van der Waals surface area contributed by atoms with Crippen molar-refractivity contribution in [2.45, 2.75) is 33.6 Å². The van der Waals surface area contributed by atoms with Crippen LogP contribution in [0.4, 0.5) is 11.4 Å². The van der Waals surface area contributed by atoms with Crippen LogP contribution in [-0.2, 0) is 0 Å². The van der Waals surface area contributed by atoms with Gasteiger partial charge in [0.25, 0.3) is 5.69 Å². The number of nitro groups is 1. The second-order valence-corrected chi connectivity index (χ2v) is 5.93. The van der Waals surface area contributed by atoms with Crippen LogP contribution in [0, 0.1) is 28.9 Å². The summed E-state index contributed by atoms with van der Waals surface area (Å²) in [6.07, 6.45) is 4.70. The topological polar surface area (TPSA) is 55.2 Å². The number of anilines is 1. The monoisotopic (exact) mass is 274 g/mol. The Morgan fingerprint density at radius 2 is 2.15 bits per heavy atom. The van der Waals surface area contributed by atoms with E-state index in [1.165, 1.54) is 12.0 Å². The SMILES string of the molecule is CC1=CC(C)CC(CNc2ccc([N+](=O)[O-])cc2C)C1. The second-order valence-electron chi connectivity index (χ2n) is 5.93. The summed E-state index contributed by atoms with van der Waals surface area (Å²) >= 11 is 0. The van der Waals surface area contributed by atoms with E-state index < -0.39 is 0 Å². The number of allylic oxidation sites excluding steroid dienone is 2. The van der Waals surface area contributed by atoms with E-state index in [-0.39, 0.29) is 10.6 Å². The van der Waals surface area contributed by atoms with Gasteiger partial charge in [0.1, 0.15) is 0 Å². The highest BCUT2D eigenvalue weighted by Crippen LogP contribution is 2.29. The molecule has 4 nitrogen and oxygen atoms in total. The van der Waals surface area contributed by atoms with Crippen molar-refractivity contribution in [2.75, 3.05) is 11.9 Å². The molecule has 0 heterocycles. The maximum atomic E-state index is 10.7. The number of nitrogens with zero attached hydrogens (tertiary/aromatic N) is 1. The molecule has 2 unspecified atom stereocenters. The number of rotatable bonds is 4. The van der Waals surface area contributed by atoms with Crippen molar-refractivity contribution in [3.8, 4) is 0 Å². The lowest BCUT2D eigenvalue weighted by atomic mass is 9.83. The first-order valence-corrected chi connectivity index (χ1v) is 7.12. The van der Waals surface area contributed by atoms with Crippen LogP contribution in [0.3, 0.4) is 0 Å². The van der Waals surface area contributed by atoms with Crippen molar-refractivity contribution in [2.24, 2.45) is 11.8 Å². The summed E-state index contributed by atoms with van der Waals surface area (Å²) in [6.45, 7) is 7.28. The summed E-state index contributed by atoms with van der Waals surface area (Å²) in [7, 11) is 0. The summed E-state index contributed by atoms with van der Waals surface area (Å²) in [5.74, 6) is 1.29. The molecule has 0 aromatic heterocycles. The first-order valence-electron chi connectivity index (χ1n) is 7.12. The standard InChI is InChI=1S/C16H22N2O2/c1-11-6-12(2)8-14(7-11)10-17-16-5-4-15(18(19)20)9-13(16)3/h4-6,9,11,14,17H,7-8,10H2,1-3H3. The molecule has 1 aliphatic carbocycles. The maximum Gasteiger partial charge on any atom is 0.269 e. The van der Waals surface area contributed by atoms with Gasteiger partial charge >= 0.3 is 0 Å². The van der Waals surface area contributed by atoms with Gasteiger partial charge in [0.2, 0.25) is 0 Å². The van der Waals surface area contributed by atoms with Crippen LogP contribution in [0.5, 0.6) is 0 Å². The molecule has 2 rings (SSSR count). The average molecular weight is 274 g/mol. The first-order chi connectivity index (χ1) is 9.45. The second kappa shape index (κ2) is 6.07. The van der Waals surface area contributed by atoms with Crippen molar-refractivity contribution >= 4 is 11.4 Å². The molecule has 2 atom stereocenters. The average Bonchev–Trinajstić information content (AvgIpc) is 2.36. The van der Waals surface area contributed by atoms with Crippen molar-refractivity contribution in [1.82, 2.24) is 0 Å². The Kier molecular flexibility index (Phi) is 4.42. The number of nitrogens with one attached hydrogen (secondary N) is 1. The van der Waals surface area contributed by atoms with Gasteiger partial charge in [-0.3, -0.25) is 10.1 Å². The van der Waals surface area contributed by atoms with Crippen LogP contribution in [0.1, 0.15) is 32.3 Å². The van der Waals surface area contributed by atoms with E-state index in [0.29, 0.717) is 11.8 Å². The highest BCUT2D eigenvalue weighted by atomic mass is 16.6. The summed E-state index contributed by atoms with van der Waals surface area (Å²) in [5.41, 5.74) is 3.54. The maximum absolute atomic E-state index is 10.7. The van der Waals surface area contributed by atoms with E-state index in [1.54, 1.807) is 12.1 Å². The fourth-order valence-corrected chi connectivity index (χ4v) is 3.06. The molecule has 0 amide bonds. The Hall–Kier alpha value is -1.84. The normalized spacial score (nSPS) is 22.2. The quantitative estimate of drug-likeness (QED) is 0.505. The summed E-state index contributed by atoms with van der Waals surface area (Å²) in [6, 6.07) is 4.99. The van der Waals surface area contributed by atoms with Gasteiger partial charge in [-0.1, -0.05) is 18.6 Å². The van der Waals surface area contributed by atoms with Crippen LogP contribution in [-0.4, -0.2) is 11.5 Å². The molecule has 108 valence electrons. The van der Waals surface area contributed by atoms with Gasteiger partial charge in [-0.15, -0.1) is 0 Å². The predicted molar refractivity (Wildman–Crippen MR) is 82.0 cm³/mol. The van der Waals surface area contributed by atoms with Gasteiger partial charge in [-0.25, -0.2) is 0 Å². The van der Waals surface area contributed by atoms with Gasteiger partial charge in [-0.05, 0) is 50.2 Å². The van der Waals surface area contributed by atoms with Crippen molar-refractivity contribution in [1.29, 1.82) is 0 Å². The molecule has 4 heteroatoms. The Morgan fingerprint density at radius 3 is 2.75 bits per heavy atom. The fraction of sp³-hybridized carbons (Fsp3) is 0.500. The smallest absolute Gasteiger partial charge is 0.269 e. The van der Waals surface area contributed by atoms with Crippen LogP contribution in [0.25, 0.3) is 0 Å². The van der Waals surface area contributed by atoms with E-state index >= 15 is 0 Å². The van der Waals surface area contributed by atoms with Gasteiger partial charge in [0.05, 0.1) is 4.92 Å². The minimum atomic E-state index is -0.353. The Balaban J connectivity index is 1.98. The van der Waals surface area contributed by atoms with Crippen LogP contribution >= 0.6 is 0 Å². The molecule has 0 spiro atoms. The van der Waals surface area contributed by atoms with Crippen LogP contribution in [0.15, 0.2) is 29.8 Å². The molecular formula is C16H22N2O2. The number of hydrogen-bond donors (Lipinski definition) is 1. The van der Waals surface area contributed by atoms with Crippen molar-refractivity contribution in [3.05, 3.63) is 45.5 Å². The molecule has 1 aromatic rings. The molecule has 20 heavy (non-hydrogen) atoms. The summed E-state index contributed by atoms with van der Waals surface area (Å²) in [4.78, 5) is 10.4. The summed E-state index contributed by atoms with van der Waals surface area (Å²) in [5, 5.41) is 14.2. The fourth-order valence-electron chi connectivity index (χ4n) is 3.06. The number of nitro benzene ring substituents is 1. The molecular weight excluding hydrogens is 252 g/mol. The third-order valence-electron chi connectivity index (χ3n) is 3.89. The molecule has 0 bridgehead atoms. The van der Waals surface area contributed by atoms with Crippen LogP contribution in [0.2, 0.25) is 0 Å².